The van der Waals surface area contributed by atoms with Gasteiger partial charge in [0.1, 0.15) is 11.5 Å². The van der Waals surface area contributed by atoms with Crippen molar-refractivity contribution in [1.82, 2.24) is 34.4 Å². The maximum atomic E-state index is 13.5. The number of amides is 1. The zero-order valence-corrected chi connectivity index (χ0v) is 19.8. The molecule has 1 atom stereocenters. The van der Waals surface area contributed by atoms with Crippen molar-refractivity contribution in [1.29, 1.82) is 0 Å². The summed E-state index contributed by atoms with van der Waals surface area (Å²) in [5.41, 5.74) is 0.479. The molecule has 1 unspecified atom stereocenters. The van der Waals surface area contributed by atoms with E-state index < -0.39 is 11.6 Å². The van der Waals surface area contributed by atoms with Gasteiger partial charge in [-0.15, -0.1) is 11.8 Å². The van der Waals surface area contributed by atoms with E-state index in [0.29, 0.717) is 33.6 Å². The summed E-state index contributed by atoms with van der Waals surface area (Å²) in [6.45, 7) is 0.0643. The Bertz CT molecular complexity index is 1560. The zero-order chi connectivity index (χ0) is 25.0. The first-order chi connectivity index (χ1) is 17.3. The summed E-state index contributed by atoms with van der Waals surface area (Å²) in [4.78, 5) is 45.2. The van der Waals surface area contributed by atoms with Gasteiger partial charge < -0.3 is 15.0 Å². The number of H-pyrrole nitrogens is 2. The fraction of sp³-hybridized carbons (Fsp3) is 0.455. The average Bonchev–Trinajstić information content (AvgIpc) is 3.22. The summed E-state index contributed by atoms with van der Waals surface area (Å²) in [6.07, 6.45) is 6.69. The Hall–Kier alpha value is -3.55. The summed E-state index contributed by atoms with van der Waals surface area (Å²) in [5, 5.41) is 14.6. The van der Waals surface area contributed by atoms with E-state index in [9.17, 15) is 23.5 Å². The third-order valence-corrected chi connectivity index (χ3v) is 7.63. The number of imidazole rings is 1. The minimum Gasteiger partial charge on any atom is -0.493 e. The number of piperidine rings is 1. The number of likely N-dealkylation sites (tertiary alicyclic amines) is 1. The highest BCUT2D eigenvalue weighted by Gasteiger charge is 2.37. The smallest absolute Gasteiger partial charge is 0.326 e. The van der Waals surface area contributed by atoms with Gasteiger partial charge in [0.2, 0.25) is 11.5 Å². The number of aromatic nitrogens is 6. The molecule has 14 heteroatoms. The molecule has 3 aromatic rings. The Kier molecular flexibility index (Phi) is 5.43. The van der Waals surface area contributed by atoms with Crippen LogP contribution in [0.5, 0.6) is 5.88 Å². The molecule has 5 heterocycles. The Morgan fingerprint density at radius 2 is 2.03 bits per heavy atom. The minimum atomic E-state index is -2.72. The lowest BCUT2D eigenvalue weighted by Crippen LogP contribution is -2.42. The first-order valence-electron chi connectivity index (χ1n) is 11.6. The first kappa shape index (κ1) is 22.9. The molecular weight excluding hydrogens is 494 g/mol. The van der Waals surface area contributed by atoms with E-state index >= 15 is 0 Å². The van der Waals surface area contributed by atoms with E-state index in [1.54, 1.807) is 12.3 Å². The van der Waals surface area contributed by atoms with E-state index in [2.05, 4.69) is 25.0 Å². The molecule has 0 bridgehead atoms. The predicted molar refractivity (Wildman–Crippen MR) is 125 cm³/mol. The monoisotopic (exact) mass is 516 g/mol. The van der Waals surface area contributed by atoms with Crippen LogP contribution in [0.2, 0.25) is 0 Å². The molecular formula is C22H22F2N8O3S. The van der Waals surface area contributed by atoms with Crippen LogP contribution in [0, 0.1) is 0 Å². The van der Waals surface area contributed by atoms with Crippen LogP contribution < -0.4 is 16.5 Å². The van der Waals surface area contributed by atoms with Crippen molar-refractivity contribution in [2.75, 3.05) is 13.1 Å². The van der Waals surface area contributed by atoms with Crippen molar-refractivity contribution in [3.8, 4) is 5.88 Å². The summed E-state index contributed by atoms with van der Waals surface area (Å²) in [5.74, 6) is -2.79. The van der Waals surface area contributed by atoms with Crippen LogP contribution in [0.25, 0.3) is 11.7 Å². The summed E-state index contributed by atoms with van der Waals surface area (Å²) >= 11 is 1.32. The molecule has 1 saturated carbocycles. The highest BCUT2D eigenvalue weighted by molar-refractivity contribution is 8.04. The fourth-order valence-corrected chi connectivity index (χ4v) is 5.32. The molecule has 3 aromatic heterocycles. The van der Waals surface area contributed by atoms with Crippen LogP contribution in [-0.2, 0) is 4.79 Å². The molecule has 1 amide bonds. The van der Waals surface area contributed by atoms with Gasteiger partial charge in [0.05, 0.1) is 22.4 Å². The minimum absolute atomic E-state index is 0.0321. The van der Waals surface area contributed by atoms with Gasteiger partial charge in [0.25, 0.3) is 11.8 Å². The number of thioether (sulfide) groups is 1. The predicted octanol–water partition coefficient (Wildman–Crippen LogP) is 0.777. The molecule has 1 aliphatic carbocycles. The van der Waals surface area contributed by atoms with Crippen molar-refractivity contribution >= 4 is 29.4 Å². The molecule has 2 aliphatic heterocycles. The highest BCUT2D eigenvalue weighted by atomic mass is 32.2. The number of allylic oxidation sites excluding steroid dienone is 1. The number of nitrogens with zero attached hydrogens (tertiary/aromatic N) is 6. The standard InChI is InChI=1S/C22H22F2N8O3S/c23-22(24)5-7-31(8-6-22)19(34)15-4-3-14(36-15)16-28-17-11(9-13-18(33)30-21(35)27-13)10-25-32(17)20(29-16)26-12-1-2-12/h4,9-10,12,14,33H,1-3,5-8H2,(H2,27,30,35). The third kappa shape index (κ3) is 4.40. The number of aromatic amines is 2. The van der Waals surface area contributed by atoms with E-state index in [1.807, 2.05) is 6.08 Å². The molecule has 1 saturated heterocycles. The SMILES string of the molecule is O=C(C1=CCC(c2nc(=NC3CC3)n3ncc(=Cc4[nH]c(=O)[nH]c4O)c3n2)S1)N1CCC(F)(F)CC1. The van der Waals surface area contributed by atoms with Crippen LogP contribution in [-0.4, -0.2) is 70.5 Å². The maximum absolute atomic E-state index is 13.5. The highest BCUT2D eigenvalue weighted by Crippen LogP contribution is 2.43. The second kappa shape index (κ2) is 8.54. The number of fused-ring (bicyclic) bond motifs is 1. The summed E-state index contributed by atoms with van der Waals surface area (Å²) < 4.78 is 28.5. The second-order valence-corrected chi connectivity index (χ2v) is 10.4. The fourth-order valence-electron chi connectivity index (χ4n) is 4.19. The van der Waals surface area contributed by atoms with Crippen molar-refractivity contribution in [3.05, 3.63) is 50.0 Å². The number of alkyl halides is 2. The average molecular weight is 517 g/mol. The van der Waals surface area contributed by atoms with Crippen molar-refractivity contribution in [3.63, 3.8) is 0 Å². The molecule has 6 rings (SSSR count). The van der Waals surface area contributed by atoms with Crippen LogP contribution in [0.1, 0.15) is 48.9 Å². The van der Waals surface area contributed by atoms with Gasteiger partial charge in [-0.2, -0.15) is 14.6 Å². The Morgan fingerprint density at radius 3 is 2.72 bits per heavy atom. The number of carbonyl (C=O) groups is 1. The van der Waals surface area contributed by atoms with Gasteiger partial charge in [-0.05, 0) is 25.3 Å². The van der Waals surface area contributed by atoms with Gasteiger partial charge in [-0.25, -0.2) is 23.6 Å². The van der Waals surface area contributed by atoms with Crippen LogP contribution in [0.3, 0.4) is 0 Å². The molecule has 11 nitrogen and oxygen atoms in total. The topological polar surface area (TPSA) is 145 Å². The Morgan fingerprint density at radius 1 is 1.25 bits per heavy atom. The van der Waals surface area contributed by atoms with E-state index in [1.165, 1.54) is 21.2 Å². The van der Waals surface area contributed by atoms with Gasteiger partial charge in [0.15, 0.2) is 5.65 Å². The first-order valence-corrected chi connectivity index (χ1v) is 12.5. The van der Waals surface area contributed by atoms with Gasteiger partial charge in [-0.3, -0.25) is 9.78 Å². The van der Waals surface area contributed by atoms with E-state index in [0.717, 1.165) is 12.8 Å². The van der Waals surface area contributed by atoms with E-state index in [-0.39, 0.29) is 54.7 Å². The number of nitrogens with one attached hydrogen (secondary N) is 2. The lowest BCUT2D eigenvalue weighted by Gasteiger charge is -2.32. The van der Waals surface area contributed by atoms with Crippen LogP contribution in [0.4, 0.5) is 8.78 Å². The lowest BCUT2D eigenvalue weighted by molar-refractivity contribution is -0.132. The molecule has 188 valence electrons. The van der Waals surface area contributed by atoms with Crippen LogP contribution in [0.15, 0.2) is 27.0 Å². The van der Waals surface area contributed by atoms with Crippen molar-refractivity contribution in [2.45, 2.75) is 49.3 Å². The largest absolute Gasteiger partial charge is 0.493 e. The number of hydrogen-bond donors (Lipinski definition) is 3. The Labute approximate surface area is 206 Å². The lowest BCUT2D eigenvalue weighted by atomic mass is 10.1. The third-order valence-electron chi connectivity index (χ3n) is 6.34. The van der Waals surface area contributed by atoms with Crippen molar-refractivity contribution in [2.24, 2.45) is 4.99 Å². The maximum Gasteiger partial charge on any atom is 0.326 e. The zero-order valence-electron chi connectivity index (χ0n) is 18.9. The molecule has 3 aliphatic rings. The normalized spacial score (nSPS) is 23.0. The van der Waals surface area contributed by atoms with E-state index in [4.69, 9.17) is 4.98 Å². The van der Waals surface area contributed by atoms with Gasteiger partial charge in [0, 0.05) is 31.1 Å². The van der Waals surface area contributed by atoms with Crippen LogP contribution >= 0.6 is 11.8 Å². The Balaban J connectivity index is 1.32. The van der Waals surface area contributed by atoms with Gasteiger partial charge >= 0.3 is 5.69 Å². The molecule has 3 N–H and O–H groups in total. The van der Waals surface area contributed by atoms with Gasteiger partial charge in [-0.1, -0.05) is 6.08 Å². The number of rotatable bonds is 4. The molecule has 2 fully saturated rings. The summed E-state index contributed by atoms with van der Waals surface area (Å²) in [6, 6.07) is 0.168. The number of carbonyl (C=O) groups excluding carboxylic acids is 1. The molecule has 36 heavy (non-hydrogen) atoms. The molecule has 0 aromatic carbocycles. The molecule has 0 spiro atoms. The quantitative estimate of drug-likeness (QED) is 0.465. The number of hydrogen-bond acceptors (Lipinski definition) is 8. The van der Waals surface area contributed by atoms with Crippen molar-refractivity contribution < 1.29 is 18.7 Å². The number of halogens is 2. The molecule has 0 radical (unpaired) electrons. The summed E-state index contributed by atoms with van der Waals surface area (Å²) in [7, 11) is 0. The number of aromatic hydroxyl groups is 1. The second-order valence-electron chi connectivity index (χ2n) is 9.12.